The number of hydrogen-bond donors (Lipinski definition) is 0. The van der Waals surface area contributed by atoms with Crippen LogP contribution in [-0.4, -0.2) is 15.0 Å². The van der Waals surface area contributed by atoms with Gasteiger partial charge < -0.3 is 8.83 Å². The molecule has 3 heterocycles. The fraction of sp³-hybridized carbons (Fsp3) is 0.0227. The molecule has 0 amide bonds. The third-order valence-corrected chi connectivity index (χ3v) is 8.99. The summed E-state index contributed by atoms with van der Waals surface area (Å²) in [5, 5.41) is 5.47. The van der Waals surface area contributed by atoms with Crippen molar-refractivity contribution in [2.75, 3.05) is 0 Å². The van der Waals surface area contributed by atoms with E-state index in [0.29, 0.717) is 23.9 Å². The van der Waals surface area contributed by atoms with Gasteiger partial charge in [0.25, 0.3) is 0 Å². The maximum Gasteiger partial charge on any atom is 0.167 e. The SMILES string of the molecule is C=C/C=C\c1oc2c(-c3ccc4ccccc4c3)cccc2c1Cc1nc(-c2ccccc2)nc(-c2cccc3c2oc2ccccc23)n1. The molecule has 0 aliphatic carbocycles. The van der Waals surface area contributed by atoms with Crippen LogP contribution in [0, 0.1) is 0 Å². The average Bonchev–Trinajstić information content (AvgIpc) is 3.72. The van der Waals surface area contributed by atoms with Crippen molar-refractivity contribution in [3.63, 3.8) is 0 Å². The molecular weight excluding hydrogens is 603 g/mol. The molecule has 0 spiro atoms. The van der Waals surface area contributed by atoms with Crippen molar-refractivity contribution in [3.05, 3.63) is 169 Å². The van der Waals surface area contributed by atoms with E-state index in [1.165, 1.54) is 10.8 Å². The number of rotatable bonds is 7. The second-order valence-electron chi connectivity index (χ2n) is 12.0. The number of fused-ring (bicyclic) bond motifs is 5. The number of allylic oxidation sites excluding steroid dienone is 2. The van der Waals surface area contributed by atoms with Crippen LogP contribution in [0.25, 0.3) is 83.7 Å². The van der Waals surface area contributed by atoms with Gasteiger partial charge in [-0.2, -0.15) is 0 Å². The zero-order valence-corrected chi connectivity index (χ0v) is 26.5. The van der Waals surface area contributed by atoms with Crippen molar-refractivity contribution in [2.45, 2.75) is 6.42 Å². The number of nitrogens with zero attached hydrogens (tertiary/aromatic N) is 3. The van der Waals surface area contributed by atoms with Crippen molar-refractivity contribution in [1.29, 1.82) is 0 Å². The minimum Gasteiger partial charge on any atom is -0.456 e. The molecule has 0 radical (unpaired) electrons. The predicted octanol–water partition coefficient (Wildman–Crippen LogP) is 11.5. The van der Waals surface area contributed by atoms with E-state index < -0.39 is 0 Å². The van der Waals surface area contributed by atoms with Crippen LogP contribution < -0.4 is 0 Å². The van der Waals surface area contributed by atoms with Gasteiger partial charge in [0.15, 0.2) is 11.6 Å². The number of furan rings is 2. The molecule has 0 aliphatic rings. The van der Waals surface area contributed by atoms with E-state index in [1.807, 2.05) is 72.8 Å². The van der Waals surface area contributed by atoms with Gasteiger partial charge in [0.1, 0.15) is 28.3 Å². The first-order valence-electron chi connectivity index (χ1n) is 16.3. The zero-order valence-electron chi connectivity index (χ0n) is 26.5. The second kappa shape index (κ2) is 11.9. The molecule has 0 fully saturated rings. The highest BCUT2D eigenvalue weighted by molar-refractivity contribution is 6.09. The van der Waals surface area contributed by atoms with Crippen molar-refractivity contribution in [2.24, 2.45) is 0 Å². The Labute approximate surface area is 282 Å². The van der Waals surface area contributed by atoms with Crippen LogP contribution in [0.5, 0.6) is 0 Å². The molecule has 5 heteroatoms. The van der Waals surface area contributed by atoms with Crippen LogP contribution >= 0.6 is 0 Å². The van der Waals surface area contributed by atoms with Crippen molar-refractivity contribution < 1.29 is 8.83 Å². The Morgan fingerprint density at radius 2 is 1.27 bits per heavy atom. The summed E-state index contributed by atoms with van der Waals surface area (Å²) in [5.74, 6) is 2.53. The van der Waals surface area contributed by atoms with Gasteiger partial charge in [-0.15, -0.1) is 0 Å². The van der Waals surface area contributed by atoms with Gasteiger partial charge in [-0.3, -0.25) is 0 Å². The van der Waals surface area contributed by atoms with Gasteiger partial charge in [0, 0.05) is 39.3 Å². The Morgan fingerprint density at radius 3 is 2.14 bits per heavy atom. The number of aromatic nitrogens is 3. The van der Waals surface area contributed by atoms with E-state index in [-0.39, 0.29) is 0 Å². The molecule has 9 rings (SSSR count). The molecule has 0 bridgehead atoms. The summed E-state index contributed by atoms with van der Waals surface area (Å²) in [6, 6.07) is 45.5. The van der Waals surface area contributed by atoms with Crippen LogP contribution in [-0.2, 0) is 6.42 Å². The monoisotopic (exact) mass is 631 g/mol. The third-order valence-electron chi connectivity index (χ3n) is 8.99. The lowest BCUT2D eigenvalue weighted by atomic mass is 9.98. The van der Waals surface area contributed by atoms with E-state index in [4.69, 9.17) is 23.8 Å². The Morgan fingerprint density at radius 1 is 0.551 bits per heavy atom. The molecule has 0 saturated carbocycles. The normalized spacial score (nSPS) is 11.8. The van der Waals surface area contributed by atoms with Gasteiger partial charge in [-0.1, -0.05) is 134 Å². The van der Waals surface area contributed by atoms with Gasteiger partial charge in [0.05, 0.1) is 5.56 Å². The van der Waals surface area contributed by atoms with E-state index in [1.54, 1.807) is 6.08 Å². The minimum atomic E-state index is 0.427. The van der Waals surface area contributed by atoms with Gasteiger partial charge in [0.2, 0.25) is 0 Å². The average molecular weight is 632 g/mol. The Hall–Kier alpha value is -6.59. The summed E-state index contributed by atoms with van der Waals surface area (Å²) >= 11 is 0. The van der Waals surface area contributed by atoms with Crippen LogP contribution in [0.15, 0.2) is 161 Å². The quantitative estimate of drug-likeness (QED) is 0.164. The fourth-order valence-corrected chi connectivity index (χ4v) is 6.66. The first-order valence-corrected chi connectivity index (χ1v) is 16.3. The Kier molecular flexibility index (Phi) is 6.95. The predicted molar refractivity (Wildman–Crippen MR) is 199 cm³/mol. The van der Waals surface area contributed by atoms with Crippen LogP contribution in [0.3, 0.4) is 0 Å². The Bertz CT molecular complexity index is 2720. The van der Waals surface area contributed by atoms with Crippen molar-refractivity contribution >= 4 is 49.8 Å². The number of para-hydroxylation sites is 3. The minimum absolute atomic E-state index is 0.427. The summed E-state index contributed by atoms with van der Waals surface area (Å²) in [7, 11) is 0. The van der Waals surface area contributed by atoms with Gasteiger partial charge >= 0.3 is 0 Å². The highest BCUT2D eigenvalue weighted by Gasteiger charge is 2.21. The van der Waals surface area contributed by atoms with Gasteiger partial charge in [-0.05, 0) is 40.6 Å². The smallest absolute Gasteiger partial charge is 0.167 e. The molecule has 9 aromatic rings. The number of hydrogen-bond acceptors (Lipinski definition) is 5. The molecule has 0 atom stereocenters. The van der Waals surface area contributed by atoms with E-state index in [0.717, 1.165) is 66.5 Å². The topological polar surface area (TPSA) is 65.0 Å². The molecule has 49 heavy (non-hydrogen) atoms. The van der Waals surface area contributed by atoms with Crippen LogP contribution in [0.4, 0.5) is 0 Å². The molecule has 6 aromatic carbocycles. The van der Waals surface area contributed by atoms with Crippen LogP contribution in [0.1, 0.15) is 17.1 Å². The molecule has 0 N–H and O–H groups in total. The first kappa shape index (κ1) is 28.6. The molecule has 0 aliphatic heterocycles. The zero-order chi connectivity index (χ0) is 32.7. The lowest BCUT2D eigenvalue weighted by molar-refractivity contribution is 0.600. The third kappa shape index (κ3) is 5.09. The number of benzene rings is 6. The lowest BCUT2D eigenvalue weighted by Crippen LogP contribution is -2.04. The molecule has 232 valence electrons. The summed E-state index contributed by atoms with van der Waals surface area (Å²) in [5.41, 5.74) is 7.24. The second-order valence-corrected chi connectivity index (χ2v) is 12.0. The Balaban J connectivity index is 1.22. The van der Waals surface area contributed by atoms with Crippen LogP contribution in [0.2, 0.25) is 0 Å². The summed E-state index contributed by atoms with van der Waals surface area (Å²) in [6.45, 7) is 3.90. The molecule has 3 aromatic heterocycles. The largest absolute Gasteiger partial charge is 0.456 e. The van der Waals surface area contributed by atoms with Crippen molar-refractivity contribution in [1.82, 2.24) is 15.0 Å². The molecule has 0 unspecified atom stereocenters. The fourth-order valence-electron chi connectivity index (χ4n) is 6.66. The standard InChI is InChI=1S/C44H29N3O2/c1-2-3-22-39-37(35-20-11-18-32(41(35)49-39)31-25-24-28-13-7-8-16-30(28)26-31)27-40-45-43(29-14-5-4-6-15-29)47-44(46-40)36-21-12-19-34-33-17-9-10-23-38(33)48-42(34)36/h2-26H,1,27H2/b22-3-. The highest BCUT2D eigenvalue weighted by Crippen LogP contribution is 2.38. The first-order chi connectivity index (χ1) is 24.2. The summed E-state index contributed by atoms with van der Waals surface area (Å²) in [4.78, 5) is 15.1. The maximum atomic E-state index is 6.67. The summed E-state index contributed by atoms with van der Waals surface area (Å²) in [6.07, 6.45) is 6.04. The summed E-state index contributed by atoms with van der Waals surface area (Å²) < 4.78 is 13.1. The highest BCUT2D eigenvalue weighted by atomic mass is 16.3. The van der Waals surface area contributed by atoms with E-state index >= 15 is 0 Å². The molecule has 5 nitrogen and oxygen atoms in total. The lowest BCUT2D eigenvalue weighted by Gasteiger charge is -2.09. The van der Waals surface area contributed by atoms with Crippen molar-refractivity contribution in [3.8, 4) is 33.9 Å². The van der Waals surface area contributed by atoms with Gasteiger partial charge in [-0.25, -0.2) is 15.0 Å². The molecule has 0 saturated heterocycles. The van der Waals surface area contributed by atoms with E-state index in [2.05, 4.69) is 79.4 Å². The molecular formula is C44H29N3O2. The maximum absolute atomic E-state index is 6.67. The van der Waals surface area contributed by atoms with E-state index in [9.17, 15) is 0 Å².